The lowest BCUT2D eigenvalue weighted by Gasteiger charge is -2.07. The molecule has 3 rings (SSSR count). The number of hydrogen-bond donors (Lipinski definition) is 0. The normalized spacial score (nSPS) is 10.4. The topological polar surface area (TPSA) is 48.7 Å². The van der Waals surface area contributed by atoms with Crippen LogP contribution in [0.15, 0.2) is 59.0 Å². The molecule has 0 spiro atoms. The Labute approximate surface area is 115 Å². The molecule has 0 bridgehead atoms. The van der Waals surface area contributed by atoms with Crippen LogP contribution in [-0.4, -0.2) is 13.1 Å². The number of furan rings is 1. The summed E-state index contributed by atoms with van der Waals surface area (Å²) < 4.78 is 15.9. The van der Waals surface area contributed by atoms with Gasteiger partial charge in [-0.1, -0.05) is 30.3 Å². The first-order valence-electron chi connectivity index (χ1n) is 6.12. The Bertz CT molecular complexity index is 725. The second kappa shape index (κ2) is 5.09. The van der Waals surface area contributed by atoms with Crippen LogP contribution >= 0.6 is 0 Å². The zero-order valence-electron chi connectivity index (χ0n) is 10.8. The van der Waals surface area contributed by atoms with Gasteiger partial charge in [0.1, 0.15) is 5.58 Å². The third-order valence-corrected chi connectivity index (χ3v) is 2.90. The van der Waals surface area contributed by atoms with Crippen LogP contribution in [-0.2, 0) is 0 Å². The minimum absolute atomic E-state index is 0.164. The van der Waals surface area contributed by atoms with Crippen molar-refractivity contribution in [3.63, 3.8) is 0 Å². The molecule has 0 saturated heterocycles. The largest absolute Gasteiger partial charge is 0.493 e. The third-order valence-electron chi connectivity index (χ3n) is 2.90. The van der Waals surface area contributed by atoms with Crippen molar-refractivity contribution in [1.82, 2.24) is 0 Å². The highest BCUT2D eigenvalue weighted by Crippen LogP contribution is 2.27. The number of esters is 1. The average Bonchev–Trinajstić information content (AvgIpc) is 2.92. The molecule has 0 radical (unpaired) electrons. The number of methoxy groups -OCH3 is 1. The van der Waals surface area contributed by atoms with E-state index < -0.39 is 5.97 Å². The molecule has 0 N–H and O–H groups in total. The fraction of sp³-hybridized carbons (Fsp3) is 0.0625. The van der Waals surface area contributed by atoms with Crippen molar-refractivity contribution in [2.24, 2.45) is 0 Å². The molecule has 4 heteroatoms. The summed E-state index contributed by atoms with van der Waals surface area (Å²) in [7, 11) is 1.52. The minimum atomic E-state index is -0.550. The average molecular weight is 268 g/mol. The van der Waals surface area contributed by atoms with E-state index in [1.165, 1.54) is 7.11 Å². The number of ether oxygens (including phenoxy) is 2. The number of rotatable bonds is 3. The Morgan fingerprint density at radius 2 is 1.70 bits per heavy atom. The maximum Gasteiger partial charge on any atom is 0.379 e. The van der Waals surface area contributed by atoms with E-state index in [4.69, 9.17) is 13.9 Å². The number of benzene rings is 2. The molecule has 3 aromatic rings. The van der Waals surface area contributed by atoms with Crippen LogP contribution < -0.4 is 9.47 Å². The van der Waals surface area contributed by atoms with E-state index in [-0.39, 0.29) is 5.76 Å². The molecule has 0 fully saturated rings. The van der Waals surface area contributed by atoms with Crippen LogP contribution in [0.5, 0.6) is 11.5 Å². The zero-order chi connectivity index (χ0) is 13.9. The first kappa shape index (κ1) is 12.3. The molecule has 0 unspecified atom stereocenters. The number of para-hydroxylation sites is 3. The quantitative estimate of drug-likeness (QED) is 0.537. The van der Waals surface area contributed by atoms with Gasteiger partial charge in [-0.25, -0.2) is 4.79 Å². The summed E-state index contributed by atoms with van der Waals surface area (Å²) in [6, 6.07) is 16.0. The second-order valence-corrected chi connectivity index (χ2v) is 4.19. The molecule has 0 amide bonds. The van der Waals surface area contributed by atoms with Crippen molar-refractivity contribution < 1.29 is 18.7 Å². The van der Waals surface area contributed by atoms with Gasteiger partial charge in [0.15, 0.2) is 11.5 Å². The fourth-order valence-electron chi connectivity index (χ4n) is 1.94. The highest BCUT2D eigenvalue weighted by molar-refractivity contribution is 5.93. The van der Waals surface area contributed by atoms with E-state index in [0.29, 0.717) is 17.1 Å². The molecule has 20 heavy (non-hydrogen) atoms. The summed E-state index contributed by atoms with van der Waals surface area (Å²) in [5, 5.41) is 0.861. The number of fused-ring (bicyclic) bond motifs is 1. The highest BCUT2D eigenvalue weighted by atomic mass is 16.6. The Morgan fingerprint density at radius 3 is 2.45 bits per heavy atom. The summed E-state index contributed by atoms with van der Waals surface area (Å²) >= 11 is 0. The van der Waals surface area contributed by atoms with E-state index in [0.717, 1.165) is 5.39 Å². The van der Waals surface area contributed by atoms with Crippen molar-refractivity contribution in [3.05, 3.63) is 60.4 Å². The maximum absolute atomic E-state index is 12.1. The van der Waals surface area contributed by atoms with Gasteiger partial charge in [0, 0.05) is 5.39 Å². The van der Waals surface area contributed by atoms with E-state index in [1.54, 1.807) is 36.4 Å². The predicted octanol–water partition coefficient (Wildman–Crippen LogP) is 3.66. The van der Waals surface area contributed by atoms with Gasteiger partial charge < -0.3 is 13.9 Å². The highest BCUT2D eigenvalue weighted by Gasteiger charge is 2.16. The lowest BCUT2D eigenvalue weighted by molar-refractivity contribution is 0.0699. The monoisotopic (exact) mass is 268 g/mol. The van der Waals surface area contributed by atoms with Crippen LogP contribution in [0.2, 0.25) is 0 Å². The van der Waals surface area contributed by atoms with Crippen LogP contribution in [0.4, 0.5) is 0 Å². The number of hydrogen-bond acceptors (Lipinski definition) is 4. The van der Waals surface area contributed by atoms with Gasteiger partial charge in [0.25, 0.3) is 0 Å². The lowest BCUT2D eigenvalue weighted by Crippen LogP contribution is -2.07. The standard InChI is InChI=1S/C16H12O4/c1-18-13-8-4-5-9-14(13)20-16(17)15-10-11-6-2-3-7-12(11)19-15/h2-10H,1H3. The molecule has 0 aliphatic carbocycles. The van der Waals surface area contributed by atoms with Gasteiger partial charge >= 0.3 is 5.97 Å². The molecule has 1 heterocycles. The number of carbonyl (C=O) groups excluding carboxylic acids is 1. The second-order valence-electron chi connectivity index (χ2n) is 4.19. The van der Waals surface area contributed by atoms with Crippen LogP contribution in [0, 0.1) is 0 Å². The zero-order valence-corrected chi connectivity index (χ0v) is 10.8. The molecule has 0 aliphatic heterocycles. The molecular weight excluding hydrogens is 256 g/mol. The minimum Gasteiger partial charge on any atom is -0.493 e. The molecule has 2 aromatic carbocycles. The molecule has 0 atom stereocenters. The van der Waals surface area contributed by atoms with Crippen LogP contribution in [0.25, 0.3) is 11.0 Å². The summed E-state index contributed by atoms with van der Waals surface area (Å²) in [6.07, 6.45) is 0. The Hall–Kier alpha value is -2.75. The Morgan fingerprint density at radius 1 is 1.00 bits per heavy atom. The maximum atomic E-state index is 12.1. The van der Waals surface area contributed by atoms with Gasteiger partial charge in [-0.3, -0.25) is 0 Å². The lowest BCUT2D eigenvalue weighted by atomic mass is 10.2. The molecule has 0 aliphatic rings. The van der Waals surface area contributed by atoms with Crippen molar-refractivity contribution >= 4 is 16.9 Å². The summed E-state index contributed by atoms with van der Waals surface area (Å²) in [4.78, 5) is 12.1. The summed E-state index contributed by atoms with van der Waals surface area (Å²) in [5.74, 6) is 0.472. The van der Waals surface area contributed by atoms with E-state index in [1.807, 2.05) is 18.2 Å². The van der Waals surface area contributed by atoms with Crippen molar-refractivity contribution in [3.8, 4) is 11.5 Å². The SMILES string of the molecule is COc1ccccc1OC(=O)c1cc2ccccc2o1. The van der Waals surface area contributed by atoms with Crippen LogP contribution in [0.3, 0.4) is 0 Å². The van der Waals surface area contributed by atoms with Gasteiger partial charge in [0.05, 0.1) is 7.11 Å². The number of carbonyl (C=O) groups is 1. The Balaban J connectivity index is 1.89. The molecule has 4 nitrogen and oxygen atoms in total. The molecule has 0 saturated carbocycles. The summed E-state index contributed by atoms with van der Waals surface area (Å²) in [6.45, 7) is 0. The Kier molecular flexibility index (Phi) is 3.13. The summed E-state index contributed by atoms with van der Waals surface area (Å²) in [5.41, 5.74) is 0.652. The van der Waals surface area contributed by atoms with E-state index in [2.05, 4.69) is 0 Å². The van der Waals surface area contributed by atoms with Gasteiger partial charge in [0.2, 0.25) is 5.76 Å². The van der Waals surface area contributed by atoms with Crippen molar-refractivity contribution in [1.29, 1.82) is 0 Å². The molecule has 100 valence electrons. The van der Waals surface area contributed by atoms with Crippen molar-refractivity contribution in [2.75, 3.05) is 7.11 Å². The first-order valence-corrected chi connectivity index (χ1v) is 6.12. The van der Waals surface area contributed by atoms with Crippen molar-refractivity contribution in [2.45, 2.75) is 0 Å². The smallest absolute Gasteiger partial charge is 0.379 e. The van der Waals surface area contributed by atoms with Gasteiger partial charge in [-0.2, -0.15) is 0 Å². The van der Waals surface area contributed by atoms with Gasteiger partial charge in [-0.05, 0) is 24.3 Å². The first-order chi connectivity index (χ1) is 9.78. The van der Waals surface area contributed by atoms with E-state index >= 15 is 0 Å². The third kappa shape index (κ3) is 2.23. The molecular formula is C16H12O4. The van der Waals surface area contributed by atoms with Crippen LogP contribution in [0.1, 0.15) is 10.6 Å². The van der Waals surface area contributed by atoms with Gasteiger partial charge in [-0.15, -0.1) is 0 Å². The fourth-order valence-corrected chi connectivity index (χ4v) is 1.94. The van der Waals surface area contributed by atoms with E-state index in [9.17, 15) is 4.79 Å². The molecule has 1 aromatic heterocycles. The predicted molar refractivity (Wildman–Crippen MR) is 74.2 cm³/mol.